The van der Waals surface area contributed by atoms with Crippen LogP contribution in [0, 0.1) is 11.3 Å². The highest BCUT2D eigenvalue weighted by Crippen LogP contribution is 2.19. The first kappa shape index (κ1) is 14.2. The number of hydrogen-bond acceptors (Lipinski definition) is 4. The van der Waals surface area contributed by atoms with E-state index >= 15 is 0 Å². The monoisotopic (exact) mass is 239 g/mol. The standard InChI is InChI=1S/C13H25N3O/c1-9(2)10(14-6)7-12-15-11(16-17-12)8-13(3,4)5/h9-10,14H,7-8H2,1-6H3. The minimum Gasteiger partial charge on any atom is -0.339 e. The predicted octanol–water partition coefficient (Wildman–Crippen LogP) is 2.44. The second kappa shape index (κ2) is 5.63. The largest absolute Gasteiger partial charge is 0.339 e. The normalized spacial score (nSPS) is 14.3. The number of likely N-dealkylation sites (N-methyl/N-ethyl adjacent to an activating group) is 1. The van der Waals surface area contributed by atoms with Crippen LogP contribution in [0.3, 0.4) is 0 Å². The molecule has 1 aromatic heterocycles. The molecule has 1 heterocycles. The molecule has 17 heavy (non-hydrogen) atoms. The van der Waals surface area contributed by atoms with E-state index in [-0.39, 0.29) is 5.41 Å². The third-order valence-electron chi connectivity index (χ3n) is 2.77. The van der Waals surface area contributed by atoms with E-state index in [1.54, 1.807) is 0 Å². The quantitative estimate of drug-likeness (QED) is 0.857. The molecule has 1 N–H and O–H groups in total. The molecule has 0 bridgehead atoms. The van der Waals surface area contributed by atoms with E-state index < -0.39 is 0 Å². The van der Waals surface area contributed by atoms with E-state index in [0.717, 1.165) is 24.6 Å². The second-order valence-electron chi connectivity index (χ2n) is 6.19. The van der Waals surface area contributed by atoms with E-state index in [0.29, 0.717) is 12.0 Å². The van der Waals surface area contributed by atoms with Crippen molar-refractivity contribution in [2.24, 2.45) is 11.3 Å². The van der Waals surface area contributed by atoms with Gasteiger partial charge in [0.2, 0.25) is 5.89 Å². The number of rotatable bonds is 5. The first-order chi connectivity index (χ1) is 7.81. The summed E-state index contributed by atoms with van der Waals surface area (Å²) in [4.78, 5) is 4.45. The van der Waals surface area contributed by atoms with Crippen molar-refractivity contribution in [2.45, 2.75) is 53.5 Å². The maximum absolute atomic E-state index is 5.29. The summed E-state index contributed by atoms with van der Waals surface area (Å²) in [5, 5.41) is 7.31. The van der Waals surface area contributed by atoms with Gasteiger partial charge in [0.15, 0.2) is 5.82 Å². The Hall–Kier alpha value is -0.900. The van der Waals surface area contributed by atoms with Crippen LogP contribution in [0.2, 0.25) is 0 Å². The number of aromatic nitrogens is 2. The highest BCUT2D eigenvalue weighted by molar-refractivity contribution is 4.92. The van der Waals surface area contributed by atoms with Crippen molar-refractivity contribution in [1.82, 2.24) is 15.5 Å². The van der Waals surface area contributed by atoms with Crippen LogP contribution in [-0.4, -0.2) is 23.2 Å². The van der Waals surface area contributed by atoms with Gasteiger partial charge in [0.25, 0.3) is 0 Å². The van der Waals surface area contributed by atoms with Gasteiger partial charge in [0, 0.05) is 18.9 Å². The first-order valence-electron chi connectivity index (χ1n) is 6.30. The number of hydrogen-bond donors (Lipinski definition) is 1. The van der Waals surface area contributed by atoms with Gasteiger partial charge in [0.05, 0.1) is 0 Å². The van der Waals surface area contributed by atoms with Crippen molar-refractivity contribution in [3.63, 3.8) is 0 Å². The fourth-order valence-corrected chi connectivity index (χ4v) is 1.78. The Morgan fingerprint density at radius 3 is 2.41 bits per heavy atom. The van der Waals surface area contributed by atoms with Crippen LogP contribution in [0.4, 0.5) is 0 Å². The molecule has 98 valence electrons. The number of nitrogens with zero attached hydrogens (tertiary/aromatic N) is 2. The van der Waals surface area contributed by atoms with Crippen LogP contribution in [0.25, 0.3) is 0 Å². The molecule has 0 saturated carbocycles. The zero-order valence-electron chi connectivity index (χ0n) is 11.9. The number of nitrogens with one attached hydrogen (secondary N) is 1. The van der Waals surface area contributed by atoms with Gasteiger partial charge in [0.1, 0.15) is 0 Å². The van der Waals surface area contributed by atoms with Gasteiger partial charge < -0.3 is 9.84 Å². The van der Waals surface area contributed by atoms with Crippen molar-refractivity contribution >= 4 is 0 Å². The summed E-state index contributed by atoms with van der Waals surface area (Å²) in [6, 6.07) is 0.387. The maximum Gasteiger partial charge on any atom is 0.228 e. The van der Waals surface area contributed by atoms with Crippen LogP contribution in [-0.2, 0) is 12.8 Å². The summed E-state index contributed by atoms with van der Waals surface area (Å²) in [6.07, 6.45) is 1.65. The van der Waals surface area contributed by atoms with E-state index in [1.165, 1.54) is 0 Å². The summed E-state index contributed by atoms with van der Waals surface area (Å²) in [7, 11) is 1.97. The van der Waals surface area contributed by atoms with Crippen LogP contribution >= 0.6 is 0 Å². The minimum atomic E-state index is 0.196. The average molecular weight is 239 g/mol. The third kappa shape index (κ3) is 4.86. The van der Waals surface area contributed by atoms with Crippen molar-refractivity contribution < 1.29 is 4.52 Å². The van der Waals surface area contributed by atoms with Crippen molar-refractivity contribution in [3.8, 4) is 0 Å². The molecule has 1 rings (SSSR count). The molecule has 0 radical (unpaired) electrons. The molecule has 0 fully saturated rings. The lowest BCUT2D eigenvalue weighted by atomic mass is 9.92. The van der Waals surface area contributed by atoms with Crippen molar-refractivity contribution in [3.05, 3.63) is 11.7 Å². The first-order valence-corrected chi connectivity index (χ1v) is 6.30. The zero-order valence-corrected chi connectivity index (χ0v) is 11.9. The molecular weight excluding hydrogens is 214 g/mol. The Balaban J connectivity index is 2.62. The van der Waals surface area contributed by atoms with Gasteiger partial charge in [-0.15, -0.1) is 0 Å². The molecule has 0 aliphatic heterocycles. The van der Waals surface area contributed by atoms with Crippen molar-refractivity contribution in [2.75, 3.05) is 7.05 Å². The summed E-state index contributed by atoms with van der Waals surface area (Å²) in [5.41, 5.74) is 0.196. The highest BCUT2D eigenvalue weighted by atomic mass is 16.5. The lowest BCUT2D eigenvalue weighted by molar-refractivity contribution is 0.327. The molecule has 1 atom stereocenters. The average Bonchev–Trinajstić information content (AvgIpc) is 2.58. The molecule has 0 aromatic carbocycles. The van der Waals surface area contributed by atoms with Gasteiger partial charge in [-0.1, -0.05) is 39.8 Å². The Bertz CT molecular complexity index is 339. The topological polar surface area (TPSA) is 51.0 Å². The fraction of sp³-hybridized carbons (Fsp3) is 0.846. The molecule has 4 heteroatoms. The fourth-order valence-electron chi connectivity index (χ4n) is 1.78. The maximum atomic E-state index is 5.29. The zero-order chi connectivity index (χ0) is 13.1. The molecule has 0 aliphatic rings. The lowest BCUT2D eigenvalue weighted by Gasteiger charge is -2.17. The summed E-state index contributed by atoms with van der Waals surface area (Å²) < 4.78 is 5.29. The minimum absolute atomic E-state index is 0.196. The second-order valence-corrected chi connectivity index (χ2v) is 6.19. The lowest BCUT2D eigenvalue weighted by Crippen LogP contribution is -2.32. The smallest absolute Gasteiger partial charge is 0.228 e. The van der Waals surface area contributed by atoms with Crippen LogP contribution in [0.1, 0.15) is 46.3 Å². The van der Waals surface area contributed by atoms with Gasteiger partial charge in [-0.25, -0.2) is 0 Å². The SMILES string of the molecule is CNC(Cc1nc(CC(C)(C)C)no1)C(C)C. The molecule has 0 aliphatic carbocycles. The Morgan fingerprint density at radius 2 is 1.94 bits per heavy atom. The molecular formula is C13H25N3O. The molecule has 0 spiro atoms. The predicted molar refractivity (Wildman–Crippen MR) is 68.8 cm³/mol. The Morgan fingerprint density at radius 1 is 1.29 bits per heavy atom. The van der Waals surface area contributed by atoms with E-state index in [1.807, 2.05) is 7.05 Å². The molecule has 4 nitrogen and oxygen atoms in total. The molecule has 1 unspecified atom stereocenters. The van der Waals surface area contributed by atoms with Gasteiger partial charge in [-0.2, -0.15) is 4.98 Å². The van der Waals surface area contributed by atoms with E-state index in [2.05, 4.69) is 50.1 Å². The van der Waals surface area contributed by atoms with Crippen molar-refractivity contribution in [1.29, 1.82) is 0 Å². The van der Waals surface area contributed by atoms with Gasteiger partial charge >= 0.3 is 0 Å². The van der Waals surface area contributed by atoms with Crippen LogP contribution < -0.4 is 5.32 Å². The summed E-state index contributed by atoms with van der Waals surface area (Å²) in [6.45, 7) is 10.9. The van der Waals surface area contributed by atoms with Gasteiger partial charge in [-0.3, -0.25) is 0 Å². The molecule has 1 aromatic rings. The summed E-state index contributed by atoms with van der Waals surface area (Å²) in [5.74, 6) is 2.10. The Labute approximate surface area is 104 Å². The van der Waals surface area contributed by atoms with E-state index in [4.69, 9.17) is 4.52 Å². The van der Waals surface area contributed by atoms with E-state index in [9.17, 15) is 0 Å². The van der Waals surface area contributed by atoms with Crippen LogP contribution in [0.15, 0.2) is 4.52 Å². The molecule has 0 saturated heterocycles. The third-order valence-corrected chi connectivity index (χ3v) is 2.77. The van der Waals surface area contributed by atoms with Gasteiger partial charge in [-0.05, 0) is 18.4 Å². The summed E-state index contributed by atoms with van der Waals surface area (Å²) >= 11 is 0. The molecule has 0 amide bonds. The highest BCUT2D eigenvalue weighted by Gasteiger charge is 2.19. The van der Waals surface area contributed by atoms with Crippen LogP contribution in [0.5, 0.6) is 0 Å². The Kier molecular flexibility index (Phi) is 4.69.